The number of pyridine rings is 2. The quantitative estimate of drug-likeness (QED) is 0.356. The number of nitriles is 1. The minimum Gasteiger partial charge on any atom is -0.492 e. The minimum absolute atomic E-state index is 0.0361. The van der Waals surface area contributed by atoms with Crippen LogP contribution in [0.1, 0.15) is 66.4 Å². The van der Waals surface area contributed by atoms with Crippen LogP contribution in [0.3, 0.4) is 0 Å². The Morgan fingerprint density at radius 3 is 2.51 bits per heavy atom. The van der Waals surface area contributed by atoms with Crippen LogP contribution < -0.4 is 9.64 Å². The lowest BCUT2D eigenvalue weighted by Crippen LogP contribution is -2.46. The predicted molar refractivity (Wildman–Crippen MR) is 157 cm³/mol. The van der Waals surface area contributed by atoms with Crippen molar-refractivity contribution in [1.82, 2.24) is 19.5 Å². The van der Waals surface area contributed by atoms with Crippen LogP contribution in [-0.4, -0.2) is 69.8 Å². The highest BCUT2D eigenvalue weighted by Crippen LogP contribution is 2.37. The van der Waals surface area contributed by atoms with Gasteiger partial charge in [-0.15, -0.1) is 0 Å². The monoisotopic (exact) mass is 560 g/mol. The second-order valence-corrected chi connectivity index (χ2v) is 12.1. The van der Waals surface area contributed by atoms with E-state index >= 15 is 0 Å². The van der Waals surface area contributed by atoms with E-state index in [4.69, 9.17) is 14.5 Å². The Hall–Kier alpha value is -4.13. The third kappa shape index (κ3) is 6.79. The van der Waals surface area contributed by atoms with Gasteiger partial charge in [0.2, 0.25) is 0 Å². The van der Waals surface area contributed by atoms with Crippen LogP contribution in [0.4, 0.5) is 10.6 Å². The number of rotatable bonds is 8. The van der Waals surface area contributed by atoms with Crippen molar-refractivity contribution in [2.75, 3.05) is 31.6 Å². The number of carbonyl (C=O) groups is 2. The zero-order valence-corrected chi connectivity index (χ0v) is 25.1. The number of nitrogens with zero attached hydrogens (tertiary/aromatic N) is 6. The zero-order chi connectivity index (χ0) is 29.9. The Labute approximate surface area is 241 Å². The lowest BCUT2D eigenvalue weighted by atomic mass is 9.75. The molecule has 10 nitrogen and oxygen atoms in total. The molecule has 0 bridgehead atoms. The Bertz CT molecular complexity index is 1440. The standard InChI is InChI=1S/C31H40N6O4/c1-8-40-24-15-25(28-23(17-32)19-34-37(28)20-24)22-9-10-27(33-18-22)36-13-11-31(6,12-14-36)16-26(38)21(2)35(7)29(39)41-30(3,4)5/h9-10,15,18-21H,8,11-14,16H2,1-7H3/t21-/m0/s1. The Morgan fingerprint density at radius 1 is 1.22 bits per heavy atom. The molecule has 1 atom stereocenters. The van der Waals surface area contributed by atoms with Crippen molar-refractivity contribution in [2.45, 2.75) is 72.4 Å². The third-order valence-corrected chi connectivity index (χ3v) is 7.70. The third-order valence-electron chi connectivity index (χ3n) is 7.70. The van der Waals surface area contributed by atoms with Gasteiger partial charge in [-0.1, -0.05) is 6.92 Å². The number of carbonyl (C=O) groups excluding carboxylic acids is 2. The smallest absolute Gasteiger partial charge is 0.410 e. The van der Waals surface area contributed by atoms with Gasteiger partial charge in [-0.05, 0) is 71.1 Å². The Morgan fingerprint density at radius 2 is 1.93 bits per heavy atom. The second kappa shape index (κ2) is 11.8. The molecule has 1 amide bonds. The lowest BCUT2D eigenvalue weighted by Gasteiger charge is -2.40. The van der Waals surface area contributed by atoms with Crippen molar-refractivity contribution < 1.29 is 19.1 Å². The summed E-state index contributed by atoms with van der Waals surface area (Å²) in [6.07, 6.45) is 6.74. The maximum absolute atomic E-state index is 13.1. The van der Waals surface area contributed by atoms with E-state index in [1.54, 1.807) is 30.9 Å². The molecule has 3 aromatic heterocycles. The zero-order valence-electron chi connectivity index (χ0n) is 25.1. The van der Waals surface area contributed by atoms with Crippen LogP contribution in [0.25, 0.3) is 16.6 Å². The number of fused-ring (bicyclic) bond motifs is 1. The molecular weight excluding hydrogens is 520 g/mol. The molecule has 0 radical (unpaired) electrons. The molecule has 3 aromatic rings. The van der Waals surface area contributed by atoms with E-state index in [9.17, 15) is 14.9 Å². The predicted octanol–water partition coefficient (Wildman–Crippen LogP) is 5.49. The number of ether oxygens (including phenoxy) is 2. The Balaban J connectivity index is 1.42. The van der Waals surface area contributed by atoms with Gasteiger partial charge in [0.1, 0.15) is 23.2 Å². The van der Waals surface area contributed by atoms with Crippen LogP contribution >= 0.6 is 0 Å². The molecule has 4 rings (SSSR count). The van der Waals surface area contributed by atoms with Gasteiger partial charge in [-0.3, -0.25) is 4.79 Å². The van der Waals surface area contributed by atoms with E-state index in [0.717, 1.165) is 48.4 Å². The first kappa shape index (κ1) is 29.8. The molecule has 1 fully saturated rings. The lowest BCUT2D eigenvalue weighted by molar-refractivity contribution is -0.125. The number of hydrogen-bond donors (Lipinski definition) is 0. The summed E-state index contributed by atoms with van der Waals surface area (Å²) in [7, 11) is 1.61. The van der Waals surface area contributed by atoms with Crippen molar-refractivity contribution in [3.05, 3.63) is 42.4 Å². The van der Waals surface area contributed by atoms with Gasteiger partial charge in [-0.25, -0.2) is 14.3 Å². The van der Waals surface area contributed by atoms with Gasteiger partial charge in [-0.2, -0.15) is 10.4 Å². The SMILES string of the molecule is CCOc1cc(-c2ccc(N3CCC(C)(CC(=O)[C@H](C)N(C)C(=O)OC(C)(C)C)CC3)nc2)c2c(C#N)cnn2c1. The van der Waals surface area contributed by atoms with Gasteiger partial charge in [0.05, 0.1) is 36.1 Å². The molecule has 1 aliphatic rings. The van der Waals surface area contributed by atoms with Crippen LogP contribution in [0.5, 0.6) is 5.75 Å². The fourth-order valence-electron chi connectivity index (χ4n) is 5.11. The number of piperidine rings is 1. The fourth-order valence-corrected chi connectivity index (χ4v) is 5.11. The minimum atomic E-state index is -0.613. The van der Waals surface area contributed by atoms with E-state index in [1.807, 2.05) is 52.1 Å². The summed E-state index contributed by atoms with van der Waals surface area (Å²) in [6, 6.07) is 7.58. The number of amides is 1. The maximum atomic E-state index is 13.1. The molecule has 0 spiro atoms. The molecule has 0 aliphatic carbocycles. The highest BCUT2D eigenvalue weighted by Gasteiger charge is 2.36. The maximum Gasteiger partial charge on any atom is 0.410 e. The van der Waals surface area contributed by atoms with Crippen LogP contribution in [-0.2, 0) is 9.53 Å². The number of anilines is 1. The largest absolute Gasteiger partial charge is 0.492 e. The van der Waals surface area contributed by atoms with Crippen molar-refractivity contribution in [2.24, 2.45) is 5.41 Å². The van der Waals surface area contributed by atoms with Crippen molar-refractivity contribution in [3.8, 4) is 22.9 Å². The summed E-state index contributed by atoms with van der Waals surface area (Å²) in [5.74, 6) is 1.57. The van der Waals surface area contributed by atoms with E-state index in [1.165, 1.54) is 4.90 Å². The number of likely N-dealkylation sites (N-methyl/N-ethyl adjacent to an activating group) is 1. The first-order valence-corrected chi connectivity index (χ1v) is 14.1. The van der Waals surface area contributed by atoms with E-state index in [-0.39, 0.29) is 11.2 Å². The fraction of sp³-hybridized carbons (Fsp3) is 0.516. The summed E-state index contributed by atoms with van der Waals surface area (Å²) in [5, 5.41) is 13.9. The molecule has 1 saturated heterocycles. The van der Waals surface area contributed by atoms with Gasteiger partial charge >= 0.3 is 6.09 Å². The van der Waals surface area contributed by atoms with Gasteiger partial charge in [0.15, 0.2) is 5.78 Å². The van der Waals surface area contributed by atoms with Crippen molar-refractivity contribution >= 4 is 23.2 Å². The second-order valence-electron chi connectivity index (χ2n) is 12.1. The first-order valence-electron chi connectivity index (χ1n) is 14.1. The number of Topliss-reactive ketones (excluding diaryl/α,β-unsaturated/α-hetero) is 1. The Kier molecular flexibility index (Phi) is 8.57. The van der Waals surface area contributed by atoms with E-state index in [2.05, 4.69) is 23.0 Å². The molecular formula is C31H40N6O4. The molecule has 0 saturated carbocycles. The van der Waals surface area contributed by atoms with Gasteiger partial charge in [0.25, 0.3) is 0 Å². The molecule has 0 aromatic carbocycles. The average Bonchev–Trinajstić information content (AvgIpc) is 3.34. The van der Waals surface area contributed by atoms with Crippen LogP contribution in [0.2, 0.25) is 0 Å². The van der Waals surface area contributed by atoms with Crippen LogP contribution in [0, 0.1) is 16.7 Å². The molecule has 4 heterocycles. The summed E-state index contributed by atoms with van der Waals surface area (Å²) >= 11 is 0. The van der Waals surface area contributed by atoms with Gasteiger partial charge in [0, 0.05) is 43.9 Å². The number of aromatic nitrogens is 3. The molecule has 0 unspecified atom stereocenters. The van der Waals surface area contributed by atoms with E-state index in [0.29, 0.717) is 24.3 Å². The number of hydrogen-bond acceptors (Lipinski definition) is 8. The summed E-state index contributed by atoms with van der Waals surface area (Å²) in [5.41, 5.74) is 2.14. The number of ketones is 1. The van der Waals surface area contributed by atoms with Crippen molar-refractivity contribution in [1.29, 1.82) is 5.26 Å². The highest BCUT2D eigenvalue weighted by atomic mass is 16.6. The normalized spacial score (nSPS) is 15.7. The molecule has 10 heteroatoms. The topological polar surface area (TPSA) is 113 Å². The van der Waals surface area contributed by atoms with Crippen LogP contribution in [0.15, 0.2) is 36.8 Å². The highest BCUT2D eigenvalue weighted by molar-refractivity contribution is 5.87. The van der Waals surface area contributed by atoms with Gasteiger partial charge < -0.3 is 19.3 Å². The molecule has 218 valence electrons. The summed E-state index contributed by atoms with van der Waals surface area (Å²) < 4.78 is 12.8. The van der Waals surface area contributed by atoms with E-state index < -0.39 is 17.7 Å². The molecule has 41 heavy (non-hydrogen) atoms. The summed E-state index contributed by atoms with van der Waals surface area (Å²) in [6.45, 7) is 13.3. The molecule has 0 N–H and O–H groups in total. The average molecular weight is 561 g/mol. The van der Waals surface area contributed by atoms with Crippen molar-refractivity contribution in [3.63, 3.8) is 0 Å². The summed E-state index contributed by atoms with van der Waals surface area (Å²) in [4.78, 5) is 33.9. The first-order chi connectivity index (χ1) is 19.3. The molecule has 1 aliphatic heterocycles.